The maximum Gasteiger partial charge on any atom is 0.263 e. The maximum absolute atomic E-state index is 14.3. The highest BCUT2D eigenvalue weighted by molar-refractivity contribution is 7.12. The number of likely N-dealkylation sites (tertiary alicyclic amines) is 1. The normalized spacial score (nSPS) is 16.6. The predicted octanol–water partition coefficient (Wildman–Crippen LogP) is 2.66. The monoisotopic (exact) mass is 414 g/mol. The molecule has 1 aromatic carbocycles. The van der Waals surface area contributed by atoms with Crippen LogP contribution in [0.3, 0.4) is 0 Å². The van der Waals surface area contributed by atoms with E-state index in [9.17, 15) is 14.0 Å². The molecule has 2 aromatic heterocycles. The van der Waals surface area contributed by atoms with Crippen LogP contribution in [0.1, 0.15) is 28.3 Å². The molecular weight excluding hydrogens is 395 g/mol. The minimum Gasteiger partial charge on any atom is -0.337 e. The topological polar surface area (TPSA) is 93.0 Å². The van der Waals surface area contributed by atoms with Crippen molar-refractivity contribution in [2.45, 2.75) is 19.8 Å². The second-order valence-corrected chi connectivity index (χ2v) is 7.81. The zero-order chi connectivity index (χ0) is 20.4. The Hall–Kier alpha value is -3.14. The second kappa shape index (κ2) is 8.08. The first-order valence-corrected chi connectivity index (χ1v) is 10.1. The number of anilines is 1. The van der Waals surface area contributed by atoms with Gasteiger partial charge in [0.25, 0.3) is 5.91 Å². The van der Waals surface area contributed by atoms with Crippen LogP contribution in [0.5, 0.6) is 0 Å². The van der Waals surface area contributed by atoms with Crippen LogP contribution in [0.25, 0.3) is 5.69 Å². The van der Waals surface area contributed by atoms with Crippen molar-refractivity contribution in [2.75, 3.05) is 18.4 Å². The second-order valence-electron chi connectivity index (χ2n) is 6.86. The summed E-state index contributed by atoms with van der Waals surface area (Å²) in [4.78, 5) is 27.7. The number of nitrogens with zero attached hydrogens (tertiary/aromatic N) is 5. The SMILES string of the molecule is Cc1nnnn1-c1ccc(F)c(NC(=O)C2CCCN(C(=O)c3cccs3)C2)c1. The van der Waals surface area contributed by atoms with Gasteiger partial charge in [-0.05, 0) is 59.8 Å². The number of piperidine rings is 1. The zero-order valence-corrected chi connectivity index (χ0v) is 16.5. The summed E-state index contributed by atoms with van der Waals surface area (Å²) >= 11 is 1.38. The molecule has 1 fully saturated rings. The third-order valence-electron chi connectivity index (χ3n) is 4.89. The fourth-order valence-corrected chi connectivity index (χ4v) is 4.07. The molecule has 0 bridgehead atoms. The fraction of sp³-hybridized carbons (Fsp3) is 0.316. The van der Waals surface area contributed by atoms with Crippen LogP contribution in [0, 0.1) is 18.7 Å². The Morgan fingerprint density at radius 3 is 2.90 bits per heavy atom. The van der Waals surface area contributed by atoms with Crippen molar-refractivity contribution in [3.63, 3.8) is 0 Å². The Labute approximate surface area is 170 Å². The highest BCUT2D eigenvalue weighted by Gasteiger charge is 2.29. The largest absolute Gasteiger partial charge is 0.337 e. The minimum atomic E-state index is -0.546. The number of halogens is 1. The smallest absolute Gasteiger partial charge is 0.263 e. The van der Waals surface area contributed by atoms with Crippen LogP contribution in [0.15, 0.2) is 35.7 Å². The molecule has 2 amide bonds. The van der Waals surface area contributed by atoms with Gasteiger partial charge in [-0.2, -0.15) is 4.68 Å². The summed E-state index contributed by atoms with van der Waals surface area (Å²) in [6, 6.07) is 7.90. The van der Waals surface area contributed by atoms with Gasteiger partial charge in [0, 0.05) is 13.1 Å². The molecule has 0 spiro atoms. The zero-order valence-electron chi connectivity index (χ0n) is 15.7. The number of hydrogen-bond donors (Lipinski definition) is 1. The maximum atomic E-state index is 14.3. The number of nitrogens with one attached hydrogen (secondary N) is 1. The lowest BCUT2D eigenvalue weighted by molar-refractivity contribution is -0.121. The van der Waals surface area contributed by atoms with Crippen molar-refractivity contribution in [3.8, 4) is 5.69 Å². The van der Waals surface area contributed by atoms with E-state index in [-0.39, 0.29) is 17.5 Å². The molecular formula is C19H19FN6O2S. The van der Waals surface area contributed by atoms with Gasteiger partial charge < -0.3 is 10.2 Å². The summed E-state index contributed by atoms with van der Waals surface area (Å²) in [6.45, 7) is 2.65. The van der Waals surface area contributed by atoms with Gasteiger partial charge in [-0.1, -0.05) is 6.07 Å². The number of aryl methyl sites for hydroxylation is 1. The van der Waals surface area contributed by atoms with Gasteiger partial charge in [-0.15, -0.1) is 16.4 Å². The third kappa shape index (κ3) is 4.02. The molecule has 150 valence electrons. The van der Waals surface area contributed by atoms with E-state index in [4.69, 9.17) is 0 Å². The van der Waals surface area contributed by atoms with Crippen molar-refractivity contribution in [2.24, 2.45) is 5.92 Å². The van der Waals surface area contributed by atoms with E-state index in [0.29, 0.717) is 35.9 Å². The number of rotatable bonds is 4. The summed E-state index contributed by atoms with van der Waals surface area (Å²) in [7, 11) is 0. The number of benzene rings is 1. The molecule has 10 heteroatoms. The number of aromatic nitrogens is 4. The molecule has 1 unspecified atom stereocenters. The van der Waals surface area contributed by atoms with Gasteiger partial charge in [-0.3, -0.25) is 9.59 Å². The third-order valence-corrected chi connectivity index (χ3v) is 5.75. The summed E-state index contributed by atoms with van der Waals surface area (Å²) in [5.41, 5.74) is 0.603. The van der Waals surface area contributed by atoms with Crippen molar-refractivity contribution in [1.29, 1.82) is 0 Å². The molecule has 3 aromatic rings. The molecule has 1 atom stereocenters. The molecule has 0 saturated carbocycles. The number of hydrogen-bond acceptors (Lipinski definition) is 6. The van der Waals surface area contributed by atoms with Crippen molar-refractivity contribution >= 4 is 28.8 Å². The lowest BCUT2D eigenvalue weighted by Gasteiger charge is -2.31. The Bertz CT molecular complexity index is 1040. The predicted molar refractivity (Wildman–Crippen MR) is 105 cm³/mol. The molecule has 8 nitrogen and oxygen atoms in total. The van der Waals surface area contributed by atoms with Crippen molar-refractivity contribution in [3.05, 3.63) is 52.2 Å². The van der Waals surface area contributed by atoms with Crippen LogP contribution in [0.2, 0.25) is 0 Å². The standard InChI is InChI=1S/C19H19FN6O2S/c1-12-22-23-24-26(12)14-6-7-15(20)16(10-14)21-18(27)13-4-2-8-25(11-13)19(28)17-5-3-9-29-17/h3,5-7,9-10,13H,2,4,8,11H2,1H3,(H,21,27). The van der Waals surface area contributed by atoms with E-state index in [1.54, 1.807) is 17.9 Å². The van der Waals surface area contributed by atoms with Gasteiger partial charge in [0.05, 0.1) is 22.2 Å². The van der Waals surface area contributed by atoms with Crippen LogP contribution < -0.4 is 5.32 Å². The van der Waals surface area contributed by atoms with Crippen LogP contribution in [-0.4, -0.2) is 50.0 Å². The highest BCUT2D eigenvalue weighted by atomic mass is 32.1. The van der Waals surface area contributed by atoms with Crippen LogP contribution >= 0.6 is 11.3 Å². The van der Waals surface area contributed by atoms with E-state index < -0.39 is 11.7 Å². The number of amides is 2. The van der Waals surface area contributed by atoms with E-state index in [2.05, 4.69) is 20.8 Å². The van der Waals surface area contributed by atoms with Gasteiger partial charge in [-0.25, -0.2) is 4.39 Å². The quantitative estimate of drug-likeness (QED) is 0.709. The lowest BCUT2D eigenvalue weighted by atomic mass is 9.96. The summed E-state index contributed by atoms with van der Waals surface area (Å²) in [5, 5.41) is 15.8. The highest BCUT2D eigenvalue weighted by Crippen LogP contribution is 2.24. The molecule has 0 aliphatic carbocycles. The average Bonchev–Trinajstić information content (AvgIpc) is 3.41. The van der Waals surface area contributed by atoms with Gasteiger partial charge in [0.2, 0.25) is 5.91 Å². The van der Waals surface area contributed by atoms with E-state index >= 15 is 0 Å². The van der Waals surface area contributed by atoms with Gasteiger partial charge in [0.1, 0.15) is 5.82 Å². The number of thiophene rings is 1. The fourth-order valence-electron chi connectivity index (χ4n) is 3.38. The lowest BCUT2D eigenvalue weighted by Crippen LogP contribution is -2.43. The molecule has 1 aliphatic heterocycles. The molecule has 1 saturated heterocycles. The molecule has 1 N–H and O–H groups in total. The molecule has 1 aliphatic rings. The van der Waals surface area contributed by atoms with E-state index in [0.717, 1.165) is 6.42 Å². The molecule has 0 radical (unpaired) electrons. The van der Waals surface area contributed by atoms with Crippen LogP contribution in [0.4, 0.5) is 10.1 Å². The van der Waals surface area contributed by atoms with Crippen molar-refractivity contribution < 1.29 is 14.0 Å². The molecule has 3 heterocycles. The van der Waals surface area contributed by atoms with Gasteiger partial charge in [0.15, 0.2) is 5.82 Å². The average molecular weight is 414 g/mol. The Kier molecular flexibility index (Phi) is 5.34. The Morgan fingerprint density at radius 2 is 2.17 bits per heavy atom. The summed E-state index contributed by atoms with van der Waals surface area (Å²) in [6.07, 6.45) is 1.37. The molecule has 4 rings (SSSR count). The first-order valence-electron chi connectivity index (χ1n) is 9.21. The Balaban J connectivity index is 1.48. The molecule has 29 heavy (non-hydrogen) atoms. The first kappa shape index (κ1) is 19.2. The van der Waals surface area contributed by atoms with Crippen molar-refractivity contribution in [1.82, 2.24) is 25.1 Å². The summed E-state index contributed by atoms with van der Waals surface area (Å²) in [5.74, 6) is -0.775. The van der Waals surface area contributed by atoms with Gasteiger partial charge >= 0.3 is 0 Å². The summed E-state index contributed by atoms with van der Waals surface area (Å²) < 4.78 is 15.7. The van der Waals surface area contributed by atoms with E-state index in [1.165, 1.54) is 34.2 Å². The number of tetrazole rings is 1. The first-order chi connectivity index (χ1) is 14.0. The van der Waals surface area contributed by atoms with Crippen LogP contribution in [-0.2, 0) is 4.79 Å². The van der Waals surface area contributed by atoms with E-state index in [1.807, 2.05) is 11.4 Å². The Morgan fingerprint density at radius 1 is 1.31 bits per heavy atom. The number of carbonyl (C=O) groups is 2. The number of carbonyl (C=O) groups excluding carboxylic acids is 2. The minimum absolute atomic E-state index is 0.0594.